The van der Waals surface area contributed by atoms with Crippen molar-refractivity contribution in [3.05, 3.63) is 0 Å². The number of amides is 2. The summed E-state index contributed by atoms with van der Waals surface area (Å²) in [6.45, 7) is 6.21. The van der Waals surface area contributed by atoms with E-state index >= 15 is 0 Å². The number of hydrogen-bond acceptors (Lipinski definition) is 2. The number of rotatable bonds is 6. The molecule has 1 aliphatic carbocycles. The van der Waals surface area contributed by atoms with E-state index in [1.807, 2.05) is 6.92 Å². The molecule has 0 atom stereocenters. The van der Waals surface area contributed by atoms with Gasteiger partial charge in [0.2, 0.25) is 11.8 Å². The first-order chi connectivity index (χ1) is 8.96. The highest BCUT2D eigenvalue weighted by Gasteiger charge is 2.38. The monoisotopic (exact) mass is 267 g/mol. The van der Waals surface area contributed by atoms with E-state index in [0.717, 1.165) is 51.4 Å². The second-order valence-electron chi connectivity index (χ2n) is 6.24. The molecule has 0 bridgehead atoms. The lowest BCUT2D eigenvalue weighted by atomic mass is 9.80. The Morgan fingerprint density at radius 1 is 1.11 bits per heavy atom. The van der Waals surface area contributed by atoms with E-state index in [0.29, 0.717) is 0 Å². The molecule has 3 nitrogen and oxygen atoms in total. The summed E-state index contributed by atoms with van der Waals surface area (Å²) in [6.07, 6.45) is 7.84. The number of hydrogen-bond donors (Lipinski definition) is 0. The minimum atomic E-state index is -0.369. The summed E-state index contributed by atoms with van der Waals surface area (Å²) in [4.78, 5) is 26.4. The zero-order valence-corrected chi connectivity index (χ0v) is 13.0. The predicted octanol–water partition coefficient (Wildman–Crippen LogP) is 3.77. The van der Waals surface area contributed by atoms with Crippen LogP contribution in [0.5, 0.6) is 0 Å². The molecule has 0 saturated heterocycles. The van der Waals surface area contributed by atoms with Crippen LogP contribution in [0.4, 0.5) is 0 Å². The third kappa shape index (κ3) is 3.80. The average Bonchev–Trinajstić information content (AvgIpc) is 2.90. The quantitative estimate of drug-likeness (QED) is 0.734. The molecule has 0 unspecified atom stereocenters. The Morgan fingerprint density at radius 2 is 1.58 bits per heavy atom. The smallest absolute Gasteiger partial charge is 0.234 e. The lowest BCUT2D eigenvalue weighted by Crippen LogP contribution is -2.45. The van der Waals surface area contributed by atoms with Gasteiger partial charge in [-0.2, -0.15) is 0 Å². The van der Waals surface area contributed by atoms with E-state index in [1.165, 1.54) is 4.90 Å². The van der Waals surface area contributed by atoms with Gasteiger partial charge in [-0.25, -0.2) is 0 Å². The van der Waals surface area contributed by atoms with Gasteiger partial charge in [0.05, 0.1) is 0 Å². The van der Waals surface area contributed by atoms with Crippen molar-refractivity contribution in [1.29, 1.82) is 0 Å². The highest BCUT2D eigenvalue weighted by molar-refractivity contribution is 5.98. The van der Waals surface area contributed by atoms with Gasteiger partial charge in [0.25, 0.3) is 0 Å². The van der Waals surface area contributed by atoms with Crippen LogP contribution in [0.2, 0.25) is 0 Å². The summed E-state index contributed by atoms with van der Waals surface area (Å²) in [5, 5.41) is 0. The van der Waals surface area contributed by atoms with Gasteiger partial charge in [0.15, 0.2) is 0 Å². The van der Waals surface area contributed by atoms with E-state index in [1.54, 1.807) is 7.05 Å². The third-order valence-corrected chi connectivity index (χ3v) is 4.46. The van der Waals surface area contributed by atoms with Crippen molar-refractivity contribution >= 4 is 11.8 Å². The van der Waals surface area contributed by atoms with E-state index in [4.69, 9.17) is 0 Å². The van der Waals surface area contributed by atoms with Crippen molar-refractivity contribution < 1.29 is 9.59 Å². The van der Waals surface area contributed by atoms with E-state index in [-0.39, 0.29) is 23.1 Å². The topological polar surface area (TPSA) is 37.4 Å². The molecule has 0 aromatic heterocycles. The molecule has 0 heterocycles. The van der Waals surface area contributed by atoms with Gasteiger partial charge in [-0.15, -0.1) is 0 Å². The molecule has 0 aromatic carbocycles. The van der Waals surface area contributed by atoms with E-state index in [2.05, 4.69) is 13.8 Å². The number of nitrogens with zero attached hydrogens (tertiary/aromatic N) is 1. The van der Waals surface area contributed by atoms with Crippen LogP contribution < -0.4 is 0 Å². The van der Waals surface area contributed by atoms with Crippen LogP contribution in [0.1, 0.15) is 72.1 Å². The fourth-order valence-corrected chi connectivity index (χ4v) is 3.39. The molecular weight excluding hydrogens is 238 g/mol. The molecule has 110 valence electrons. The maximum absolute atomic E-state index is 12.6. The SMILES string of the molecule is CCCC(C)(CCC)C(=O)N(C)C(=O)C1CCCC1. The first kappa shape index (κ1) is 16.2. The Morgan fingerprint density at radius 3 is 2.00 bits per heavy atom. The normalized spacial score (nSPS) is 16.6. The summed E-state index contributed by atoms with van der Waals surface area (Å²) in [7, 11) is 1.67. The van der Waals surface area contributed by atoms with Crippen molar-refractivity contribution in [2.75, 3.05) is 7.05 Å². The summed E-state index contributed by atoms with van der Waals surface area (Å²) < 4.78 is 0. The van der Waals surface area contributed by atoms with Gasteiger partial charge >= 0.3 is 0 Å². The number of carbonyl (C=O) groups is 2. The third-order valence-electron chi connectivity index (χ3n) is 4.46. The number of carbonyl (C=O) groups excluding carboxylic acids is 2. The van der Waals surface area contributed by atoms with E-state index in [9.17, 15) is 9.59 Å². The van der Waals surface area contributed by atoms with Gasteiger partial charge in [0.1, 0.15) is 0 Å². The Labute approximate surface area is 117 Å². The van der Waals surface area contributed by atoms with Crippen LogP contribution >= 0.6 is 0 Å². The highest BCUT2D eigenvalue weighted by atomic mass is 16.2. The molecule has 1 saturated carbocycles. The second kappa shape index (κ2) is 7.06. The minimum Gasteiger partial charge on any atom is -0.285 e. The predicted molar refractivity (Wildman–Crippen MR) is 77.7 cm³/mol. The van der Waals surface area contributed by atoms with Gasteiger partial charge in [-0.05, 0) is 25.7 Å². The largest absolute Gasteiger partial charge is 0.285 e. The van der Waals surface area contributed by atoms with E-state index < -0.39 is 0 Å². The Balaban J connectivity index is 2.74. The Hall–Kier alpha value is -0.860. The zero-order valence-electron chi connectivity index (χ0n) is 13.0. The van der Waals surface area contributed by atoms with Crippen molar-refractivity contribution in [1.82, 2.24) is 4.90 Å². The lowest BCUT2D eigenvalue weighted by molar-refractivity contribution is -0.152. The summed E-state index contributed by atoms with van der Waals surface area (Å²) in [5.41, 5.74) is -0.369. The summed E-state index contributed by atoms with van der Waals surface area (Å²) >= 11 is 0. The molecule has 0 aromatic rings. The van der Waals surface area contributed by atoms with Crippen LogP contribution in [0.3, 0.4) is 0 Å². The van der Waals surface area contributed by atoms with Crippen LogP contribution in [0.15, 0.2) is 0 Å². The van der Waals surface area contributed by atoms with Crippen molar-refractivity contribution in [2.24, 2.45) is 11.3 Å². The molecule has 1 rings (SSSR count). The van der Waals surface area contributed by atoms with Crippen molar-refractivity contribution in [3.63, 3.8) is 0 Å². The maximum atomic E-state index is 12.6. The van der Waals surface area contributed by atoms with Gasteiger partial charge < -0.3 is 0 Å². The maximum Gasteiger partial charge on any atom is 0.234 e. The standard InChI is InChI=1S/C16H29NO2/c1-5-11-16(3,12-6-2)15(19)17(4)14(18)13-9-7-8-10-13/h13H,5-12H2,1-4H3. The van der Waals surface area contributed by atoms with Gasteiger partial charge in [-0.3, -0.25) is 14.5 Å². The first-order valence-corrected chi connectivity index (χ1v) is 7.78. The molecule has 2 amide bonds. The first-order valence-electron chi connectivity index (χ1n) is 7.78. The minimum absolute atomic E-state index is 0.0214. The lowest BCUT2D eigenvalue weighted by Gasteiger charge is -2.32. The van der Waals surface area contributed by atoms with Crippen molar-refractivity contribution in [3.8, 4) is 0 Å². The van der Waals surface area contributed by atoms with Gasteiger partial charge in [0, 0.05) is 18.4 Å². The Bertz CT molecular complexity index is 313. The van der Waals surface area contributed by atoms with Crippen LogP contribution in [0, 0.1) is 11.3 Å². The molecule has 0 aliphatic heterocycles. The molecule has 19 heavy (non-hydrogen) atoms. The Kier molecular flexibility index (Phi) is 6.02. The fraction of sp³-hybridized carbons (Fsp3) is 0.875. The van der Waals surface area contributed by atoms with Crippen LogP contribution in [0.25, 0.3) is 0 Å². The molecular formula is C16H29NO2. The van der Waals surface area contributed by atoms with Crippen molar-refractivity contribution in [2.45, 2.75) is 72.1 Å². The van der Waals surface area contributed by atoms with Crippen LogP contribution in [-0.4, -0.2) is 23.8 Å². The average molecular weight is 267 g/mol. The molecule has 3 heteroatoms. The van der Waals surface area contributed by atoms with Gasteiger partial charge in [-0.1, -0.05) is 46.5 Å². The number of imide groups is 1. The highest BCUT2D eigenvalue weighted by Crippen LogP contribution is 2.33. The molecule has 0 radical (unpaired) electrons. The zero-order chi connectivity index (χ0) is 14.5. The summed E-state index contributed by atoms with van der Waals surface area (Å²) in [5.74, 6) is 0.149. The molecule has 1 fully saturated rings. The molecule has 1 aliphatic rings. The summed E-state index contributed by atoms with van der Waals surface area (Å²) in [6, 6.07) is 0. The fourth-order valence-electron chi connectivity index (χ4n) is 3.39. The second-order valence-corrected chi connectivity index (χ2v) is 6.24. The van der Waals surface area contributed by atoms with Crippen LogP contribution in [-0.2, 0) is 9.59 Å². The molecule has 0 spiro atoms. The molecule has 0 N–H and O–H groups in total.